The van der Waals surface area contributed by atoms with Gasteiger partial charge in [-0.3, -0.25) is 0 Å². The molecule has 0 bridgehead atoms. The number of nitrogens with zero attached hydrogens (tertiary/aromatic N) is 2. The second kappa shape index (κ2) is 5.02. The van der Waals surface area contributed by atoms with Crippen LogP contribution in [0.5, 0.6) is 0 Å². The summed E-state index contributed by atoms with van der Waals surface area (Å²) in [4.78, 5) is 7.14. The summed E-state index contributed by atoms with van der Waals surface area (Å²) in [7, 11) is 1.98. The van der Waals surface area contributed by atoms with Gasteiger partial charge in [0.25, 0.3) is 0 Å². The molecule has 2 aromatic rings. The van der Waals surface area contributed by atoms with E-state index in [9.17, 15) is 0 Å². The molecule has 0 unspecified atom stereocenters. The summed E-state index contributed by atoms with van der Waals surface area (Å²) < 4.78 is 2.22. The number of nitrogens with one attached hydrogen (secondary N) is 1. The van der Waals surface area contributed by atoms with E-state index in [2.05, 4.69) is 41.7 Å². The summed E-state index contributed by atoms with van der Waals surface area (Å²) >= 11 is 1.87. The number of aromatic nitrogens is 2. The van der Waals surface area contributed by atoms with Crippen LogP contribution in [0.25, 0.3) is 0 Å². The highest BCUT2D eigenvalue weighted by atomic mass is 32.1. The molecule has 0 saturated carbocycles. The Kier molecular flexibility index (Phi) is 3.64. The van der Waals surface area contributed by atoms with E-state index in [4.69, 9.17) is 0 Å². The van der Waals surface area contributed by atoms with Crippen molar-refractivity contribution >= 4 is 11.3 Å². The third-order valence-corrected chi connectivity index (χ3v) is 4.20. The van der Waals surface area contributed by atoms with Gasteiger partial charge in [-0.15, -0.1) is 11.3 Å². The summed E-state index contributed by atoms with van der Waals surface area (Å²) in [5.41, 5.74) is 3.78. The Hall–Kier alpha value is -1.13. The normalized spacial score (nSPS) is 11.1. The predicted octanol–water partition coefficient (Wildman–Crippen LogP) is 2.64. The Bertz CT molecular complexity index is 511. The van der Waals surface area contributed by atoms with Crippen LogP contribution >= 0.6 is 11.3 Å². The number of hydrogen-bond donors (Lipinski definition) is 1. The molecule has 2 rings (SSSR count). The minimum Gasteiger partial charge on any atom is -0.330 e. The maximum atomic E-state index is 4.34. The van der Waals surface area contributed by atoms with Gasteiger partial charge in [-0.05, 0) is 39.4 Å². The molecule has 92 valence electrons. The fraction of sp³-hybridized carbons (Fsp3) is 0.462. The molecular formula is C13H19N3S. The second-order valence-corrected chi connectivity index (χ2v) is 5.71. The molecule has 4 heteroatoms. The molecule has 1 N–H and O–H groups in total. The van der Waals surface area contributed by atoms with Crippen LogP contribution in [0.15, 0.2) is 12.4 Å². The van der Waals surface area contributed by atoms with Gasteiger partial charge in [-0.1, -0.05) is 0 Å². The highest BCUT2D eigenvalue weighted by Gasteiger charge is 2.08. The fourth-order valence-electron chi connectivity index (χ4n) is 1.89. The molecule has 0 atom stereocenters. The summed E-state index contributed by atoms with van der Waals surface area (Å²) in [6.45, 7) is 8.25. The van der Waals surface area contributed by atoms with Crippen LogP contribution in [0.2, 0.25) is 0 Å². The first-order valence-corrected chi connectivity index (χ1v) is 6.64. The first-order valence-electron chi connectivity index (χ1n) is 5.83. The van der Waals surface area contributed by atoms with Crippen molar-refractivity contribution in [2.24, 2.45) is 0 Å². The lowest BCUT2D eigenvalue weighted by Crippen LogP contribution is -2.03. The quantitative estimate of drug-likeness (QED) is 0.902. The lowest BCUT2D eigenvalue weighted by Gasteiger charge is -2.04. The zero-order valence-electron chi connectivity index (χ0n) is 10.9. The van der Waals surface area contributed by atoms with Gasteiger partial charge >= 0.3 is 0 Å². The van der Waals surface area contributed by atoms with Crippen molar-refractivity contribution in [3.8, 4) is 0 Å². The van der Waals surface area contributed by atoms with Crippen molar-refractivity contribution in [1.29, 1.82) is 0 Å². The van der Waals surface area contributed by atoms with Crippen LogP contribution in [0.3, 0.4) is 0 Å². The molecule has 0 aliphatic carbocycles. The first kappa shape index (κ1) is 12.3. The van der Waals surface area contributed by atoms with Crippen LogP contribution in [-0.2, 0) is 13.1 Å². The van der Waals surface area contributed by atoms with E-state index in [1.165, 1.54) is 21.0 Å². The zero-order valence-corrected chi connectivity index (χ0v) is 11.7. The molecule has 0 aliphatic rings. The van der Waals surface area contributed by atoms with Crippen LogP contribution in [0.4, 0.5) is 0 Å². The lowest BCUT2D eigenvalue weighted by atomic mass is 10.2. The highest BCUT2D eigenvalue weighted by Crippen LogP contribution is 2.23. The highest BCUT2D eigenvalue weighted by molar-refractivity contribution is 7.12. The van der Waals surface area contributed by atoms with E-state index in [1.54, 1.807) is 0 Å². The van der Waals surface area contributed by atoms with Gasteiger partial charge in [-0.2, -0.15) is 0 Å². The SMILES string of the molecule is CNCc1cc(Cn2cnc(C)c2C)c(C)s1. The van der Waals surface area contributed by atoms with Crippen molar-refractivity contribution in [3.63, 3.8) is 0 Å². The first-order chi connectivity index (χ1) is 8.11. The van der Waals surface area contributed by atoms with Gasteiger partial charge < -0.3 is 9.88 Å². The molecule has 0 saturated heterocycles. The predicted molar refractivity (Wildman–Crippen MR) is 72.6 cm³/mol. The summed E-state index contributed by atoms with van der Waals surface area (Å²) in [6.07, 6.45) is 1.93. The third kappa shape index (κ3) is 2.58. The second-order valence-electron chi connectivity index (χ2n) is 4.37. The van der Waals surface area contributed by atoms with Gasteiger partial charge in [0.05, 0.1) is 12.0 Å². The number of thiophene rings is 1. The molecular weight excluding hydrogens is 230 g/mol. The molecule has 2 aromatic heterocycles. The number of aryl methyl sites for hydroxylation is 2. The van der Waals surface area contributed by atoms with Gasteiger partial charge in [0.1, 0.15) is 0 Å². The average molecular weight is 249 g/mol. The van der Waals surface area contributed by atoms with Crippen LogP contribution in [-0.4, -0.2) is 16.6 Å². The van der Waals surface area contributed by atoms with Gasteiger partial charge in [0, 0.05) is 28.5 Å². The van der Waals surface area contributed by atoms with Crippen LogP contribution < -0.4 is 5.32 Å². The summed E-state index contributed by atoms with van der Waals surface area (Å²) in [5, 5.41) is 3.20. The van der Waals surface area contributed by atoms with E-state index in [0.717, 1.165) is 18.8 Å². The van der Waals surface area contributed by atoms with E-state index in [-0.39, 0.29) is 0 Å². The Morgan fingerprint density at radius 2 is 2.12 bits per heavy atom. The Balaban J connectivity index is 2.21. The minimum absolute atomic E-state index is 0.929. The summed E-state index contributed by atoms with van der Waals surface area (Å²) in [6, 6.07) is 2.30. The molecule has 0 aliphatic heterocycles. The molecule has 0 amide bonds. The monoisotopic (exact) mass is 249 g/mol. The standard InChI is InChI=1S/C13H19N3S/c1-9-10(2)16(8-15-9)7-12-5-13(6-14-4)17-11(12)3/h5,8,14H,6-7H2,1-4H3. The maximum absolute atomic E-state index is 4.34. The maximum Gasteiger partial charge on any atom is 0.0954 e. The van der Waals surface area contributed by atoms with Crippen molar-refractivity contribution < 1.29 is 0 Å². The zero-order chi connectivity index (χ0) is 12.4. The van der Waals surface area contributed by atoms with E-state index < -0.39 is 0 Å². The van der Waals surface area contributed by atoms with E-state index in [0.29, 0.717) is 0 Å². The van der Waals surface area contributed by atoms with Gasteiger partial charge in [-0.25, -0.2) is 4.98 Å². The smallest absolute Gasteiger partial charge is 0.0954 e. The topological polar surface area (TPSA) is 29.9 Å². The molecule has 0 fully saturated rings. The number of hydrogen-bond acceptors (Lipinski definition) is 3. The summed E-state index contributed by atoms with van der Waals surface area (Å²) in [5.74, 6) is 0. The number of rotatable bonds is 4. The third-order valence-electron chi connectivity index (χ3n) is 3.11. The average Bonchev–Trinajstić information content (AvgIpc) is 2.78. The van der Waals surface area contributed by atoms with Crippen LogP contribution in [0, 0.1) is 20.8 Å². The number of imidazole rings is 1. The van der Waals surface area contributed by atoms with Crippen molar-refractivity contribution in [3.05, 3.63) is 39.1 Å². The van der Waals surface area contributed by atoms with E-state index in [1.807, 2.05) is 24.7 Å². The minimum atomic E-state index is 0.929. The molecule has 0 spiro atoms. The molecule has 0 aromatic carbocycles. The van der Waals surface area contributed by atoms with E-state index >= 15 is 0 Å². The van der Waals surface area contributed by atoms with Gasteiger partial charge in [0.15, 0.2) is 0 Å². The Morgan fingerprint density at radius 1 is 1.35 bits per heavy atom. The molecule has 17 heavy (non-hydrogen) atoms. The Morgan fingerprint density at radius 3 is 2.71 bits per heavy atom. The van der Waals surface area contributed by atoms with Crippen LogP contribution in [0.1, 0.15) is 26.7 Å². The largest absolute Gasteiger partial charge is 0.330 e. The molecule has 3 nitrogen and oxygen atoms in total. The molecule has 2 heterocycles. The van der Waals surface area contributed by atoms with Crippen molar-refractivity contribution in [2.75, 3.05) is 7.05 Å². The molecule has 0 radical (unpaired) electrons. The van der Waals surface area contributed by atoms with Crippen molar-refractivity contribution in [2.45, 2.75) is 33.9 Å². The Labute approximate surface area is 107 Å². The van der Waals surface area contributed by atoms with Gasteiger partial charge in [0.2, 0.25) is 0 Å². The van der Waals surface area contributed by atoms with Crippen molar-refractivity contribution in [1.82, 2.24) is 14.9 Å². The fourth-order valence-corrected chi connectivity index (χ4v) is 2.96. The lowest BCUT2D eigenvalue weighted by molar-refractivity contribution is 0.765.